The molecule has 0 spiro atoms. The van der Waals surface area contributed by atoms with Gasteiger partial charge in [-0.05, 0) is 42.0 Å². The van der Waals surface area contributed by atoms with Gasteiger partial charge in [0.15, 0.2) is 11.5 Å². The van der Waals surface area contributed by atoms with E-state index >= 15 is 0 Å². The summed E-state index contributed by atoms with van der Waals surface area (Å²) >= 11 is 1.78. The lowest BCUT2D eigenvalue weighted by molar-refractivity contribution is 0.0656. The van der Waals surface area contributed by atoms with Crippen LogP contribution in [0.2, 0.25) is 0 Å². The molecule has 0 N–H and O–H groups in total. The number of methoxy groups -OCH3 is 3. The monoisotopic (exact) mass is 361 g/mol. The molecule has 2 aromatic rings. The zero-order valence-corrected chi connectivity index (χ0v) is 15.8. The number of carbonyl (C=O) groups excluding carboxylic acids is 1. The molecule has 3 rings (SSSR count). The third-order valence-corrected chi connectivity index (χ3v) is 5.65. The van der Waals surface area contributed by atoms with E-state index < -0.39 is 0 Å². The maximum Gasteiger partial charge on any atom is 0.254 e. The van der Waals surface area contributed by atoms with Crippen LogP contribution in [0.4, 0.5) is 0 Å². The largest absolute Gasteiger partial charge is 0.493 e. The van der Waals surface area contributed by atoms with E-state index in [1.165, 1.54) is 10.4 Å². The van der Waals surface area contributed by atoms with Crippen molar-refractivity contribution in [3.05, 3.63) is 39.6 Å². The number of benzene rings is 1. The summed E-state index contributed by atoms with van der Waals surface area (Å²) in [5, 5.41) is 2.11. The summed E-state index contributed by atoms with van der Waals surface area (Å²) in [7, 11) is 4.66. The first-order valence-electron chi connectivity index (χ1n) is 8.31. The zero-order chi connectivity index (χ0) is 18.0. The molecular formula is C19H23NO4S. The van der Waals surface area contributed by atoms with E-state index in [-0.39, 0.29) is 11.9 Å². The first-order valence-corrected chi connectivity index (χ1v) is 9.19. The Kier molecular flexibility index (Phi) is 5.18. The fourth-order valence-corrected chi connectivity index (χ4v) is 4.38. The van der Waals surface area contributed by atoms with E-state index in [1.807, 2.05) is 4.90 Å². The highest BCUT2D eigenvalue weighted by Gasteiger charge is 2.31. The minimum atomic E-state index is -0.0112. The van der Waals surface area contributed by atoms with Crippen molar-refractivity contribution in [2.24, 2.45) is 0 Å². The van der Waals surface area contributed by atoms with Gasteiger partial charge in [-0.25, -0.2) is 0 Å². The summed E-state index contributed by atoms with van der Waals surface area (Å²) in [4.78, 5) is 16.6. The molecule has 1 aliphatic rings. The van der Waals surface area contributed by atoms with Crippen molar-refractivity contribution >= 4 is 17.2 Å². The van der Waals surface area contributed by atoms with Crippen LogP contribution in [0.3, 0.4) is 0 Å². The summed E-state index contributed by atoms with van der Waals surface area (Å²) < 4.78 is 16.1. The van der Waals surface area contributed by atoms with Crippen LogP contribution in [-0.2, 0) is 6.42 Å². The van der Waals surface area contributed by atoms with Gasteiger partial charge in [0.05, 0.1) is 27.4 Å². The highest BCUT2D eigenvalue weighted by Crippen LogP contribution is 2.40. The standard InChI is InChI=1S/C19H23NO4S/c1-5-14-13-7-9-25-17(13)6-8-20(14)19(21)12-10-15(22-2)18(24-4)16(11-12)23-3/h7,9-11,14H,5-6,8H2,1-4H3/t14-/m1/s1. The first kappa shape index (κ1) is 17.6. The number of nitrogens with zero attached hydrogens (tertiary/aromatic N) is 1. The normalized spacial score (nSPS) is 16.3. The van der Waals surface area contributed by atoms with E-state index in [9.17, 15) is 4.79 Å². The molecule has 0 saturated carbocycles. The predicted octanol–water partition coefficient (Wildman–Crippen LogP) is 3.92. The average Bonchev–Trinajstić information content (AvgIpc) is 3.13. The average molecular weight is 361 g/mol. The molecule has 5 nitrogen and oxygen atoms in total. The second kappa shape index (κ2) is 7.35. The third kappa shape index (κ3) is 3.06. The molecule has 0 saturated heterocycles. The van der Waals surface area contributed by atoms with Gasteiger partial charge in [0.2, 0.25) is 5.75 Å². The smallest absolute Gasteiger partial charge is 0.254 e. The van der Waals surface area contributed by atoms with Crippen LogP contribution in [0.5, 0.6) is 17.2 Å². The second-order valence-electron chi connectivity index (χ2n) is 5.89. The van der Waals surface area contributed by atoms with Crippen LogP contribution in [0.25, 0.3) is 0 Å². The lowest BCUT2D eigenvalue weighted by Crippen LogP contribution is -2.39. The van der Waals surface area contributed by atoms with Gasteiger partial charge in [-0.3, -0.25) is 4.79 Å². The number of hydrogen-bond donors (Lipinski definition) is 0. The van der Waals surface area contributed by atoms with Gasteiger partial charge in [-0.2, -0.15) is 0 Å². The quantitative estimate of drug-likeness (QED) is 0.810. The van der Waals surface area contributed by atoms with E-state index in [4.69, 9.17) is 14.2 Å². The van der Waals surface area contributed by atoms with E-state index in [0.717, 1.165) is 19.4 Å². The zero-order valence-electron chi connectivity index (χ0n) is 15.0. The van der Waals surface area contributed by atoms with Crippen molar-refractivity contribution in [2.75, 3.05) is 27.9 Å². The van der Waals surface area contributed by atoms with Gasteiger partial charge in [0.25, 0.3) is 5.91 Å². The maximum atomic E-state index is 13.2. The minimum Gasteiger partial charge on any atom is -0.493 e. The molecule has 1 aliphatic heterocycles. The number of ether oxygens (including phenoxy) is 3. The summed E-state index contributed by atoms with van der Waals surface area (Å²) in [6, 6.07) is 5.70. The van der Waals surface area contributed by atoms with Crippen LogP contribution in [-0.4, -0.2) is 38.7 Å². The SMILES string of the molecule is CC[C@@H]1c2ccsc2CCN1C(=O)c1cc(OC)c(OC)c(OC)c1. The summed E-state index contributed by atoms with van der Waals surface area (Å²) in [5.41, 5.74) is 1.83. The van der Waals surface area contributed by atoms with E-state index in [1.54, 1.807) is 44.8 Å². The fourth-order valence-electron chi connectivity index (χ4n) is 3.45. The fraction of sp³-hybridized carbons (Fsp3) is 0.421. The molecule has 0 radical (unpaired) electrons. The van der Waals surface area contributed by atoms with Gasteiger partial charge in [0.1, 0.15) is 0 Å². The number of thiophene rings is 1. The van der Waals surface area contributed by atoms with Gasteiger partial charge >= 0.3 is 0 Å². The molecule has 1 aromatic heterocycles. The number of amides is 1. The summed E-state index contributed by atoms with van der Waals surface area (Å²) in [6.45, 7) is 2.84. The van der Waals surface area contributed by atoms with Gasteiger partial charge < -0.3 is 19.1 Å². The molecule has 6 heteroatoms. The van der Waals surface area contributed by atoms with Crippen LogP contribution in [0, 0.1) is 0 Å². The molecule has 134 valence electrons. The molecule has 1 amide bonds. The van der Waals surface area contributed by atoms with Crippen LogP contribution in [0.15, 0.2) is 23.6 Å². The molecule has 1 atom stereocenters. The number of hydrogen-bond acceptors (Lipinski definition) is 5. The molecule has 2 heterocycles. The molecule has 0 bridgehead atoms. The van der Waals surface area contributed by atoms with Crippen molar-refractivity contribution in [2.45, 2.75) is 25.8 Å². The summed E-state index contributed by atoms with van der Waals surface area (Å²) in [5.74, 6) is 1.47. The van der Waals surface area contributed by atoms with Crippen LogP contribution < -0.4 is 14.2 Å². The lowest BCUT2D eigenvalue weighted by atomic mass is 9.96. The van der Waals surface area contributed by atoms with Crippen LogP contribution in [0.1, 0.15) is 40.2 Å². The van der Waals surface area contributed by atoms with Crippen molar-refractivity contribution in [3.63, 3.8) is 0 Å². The Hall–Kier alpha value is -2.21. The maximum absolute atomic E-state index is 13.2. The highest BCUT2D eigenvalue weighted by atomic mass is 32.1. The lowest BCUT2D eigenvalue weighted by Gasteiger charge is -2.35. The van der Waals surface area contributed by atoms with Gasteiger partial charge in [-0.15, -0.1) is 11.3 Å². The molecule has 0 unspecified atom stereocenters. The minimum absolute atomic E-state index is 0.0112. The highest BCUT2D eigenvalue weighted by molar-refractivity contribution is 7.10. The molecule has 1 aromatic carbocycles. The predicted molar refractivity (Wildman–Crippen MR) is 98.2 cm³/mol. The Morgan fingerprint density at radius 2 is 1.88 bits per heavy atom. The topological polar surface area (TPSA) is 48.0 Å². The van der Waals surface area contributed by atoms with E-state index in [2.05, 4.69) is 18.4 Å². The van der Waals surface area contributed by atoms with Crippen molar-refractivity contribution in [1.29, 1.82) is 0 Å². The second-order valence-corrected chi connectivity index (χ2v) is 6.89. The van der Waals surface area contributed by atoms with Crippen molar-refractivity contribution < 1.29 is 19.0 Å². The number of carbonyl (C=O) groups is 1. The third-order valence-electron chi connectivity index (χ3n) is 4.65. The molecule has 0 aliphatic carbocycles. The van der Waals surface area contributed by atoms with Gasteiger partial charge in [-0.1, -0.05) is 6.92 Å². The van der Waals surface area contributed by atoms with Crippen molar-refractivity contribution in [3.8, 4) is 17.2 Å². The summed E-state index contributed by atoms with van der Waals surface area (Å²) in [6.07, 6.45) is 1.79. The van der Waals surface area contributed by atoms with Crippen LogP contribution >= 0.6 is 11.3 Å². The Bertz CT molecular complexity index is 746. The van der Waals surface area contributed by atoms with Crippen molar-refractivity contribution in [1.82, 2.24) is 4.90 Å². The first-order chi connectivity index (χ1) is 12.1. The Morgan fingerprint density at radius 1 is 1.20 bits per heavy atom. The Morgan fingerprint density at radius 3 is 2.44 bits per heavy atom. The Balaban J connectivity index is 1.98. The number of fused-ring (bicyclic) bond motifs is 1. The van der Waals surface area contributed by atoms with E-state index in [0.29, 0.717) is 22.8 Å². The molecule has 25 heavy (non-hydrogen) atoms. The molecular weight excluding hydrogens is 338 g/mol. The number of rotatable bonds is 5. The Labute approximate surface area is 152 Å². The van der Waals surface area contributed by atoms with Gasteiger partial charge in [0, 0.05) is 17.0 Å². The molecule has 0 fully saturated rings.